The number of carbonyl (C=O) groups excluding carboxylic acids is 1. The molecule has 2 aliphatic rings. The van der Waals surface area contributed by atoms with Gasteiger partial charge >= 0.3 is 5.97 Å². The van der Waals surface area contributed by atoms with Gasteiger partial charge < -0.3 is 14.8 Å². The Morgan fingerprint density at radius 2 is 2.43 bits per heavy atom. The van der Waals surface area contributed by atoms with E-state index in [1.165, 1.54) is 13.3 Å². The molecule has 1 N–H and O–H groups in total. The third-order valence-corrected chi connectivity index (χ3v) is 4.30. The van der Waals surface area contributed by atoms with Crippen molar-refractivity contribution in [2.24, 2.45) is 0 Å². The van der Waals surface area contributed by atoms with Gasteiger partial charge in [0.15, 0.2) is 0 Å². The summed E-state index contributed by atoms with van der Waals surface area (Å²) in [6.45, 7) is -0.257. The number of ether oxygens (including phenoxy) is 2. The molecule has 1 aromatic heterocycles. The van der Waals surface area contributed by atoms with Gasteiger partial charge in [-0.3, -0.25) is 9.59 Å². The first kappa shape index (κ1) is 14.3. The number of carbonyl (C=O) groups is 1. The van der Waals surface area contributed by atoms with E-state index in [0.717, 1.165) is 23.9 Å². The molecule has 0 spiro atoms. The molecule has 7 nitrogen and oxygen atoms in total. The molecule has 3 rings (SSSR count). The number of fused-ring (bicyclic) bond motifs is 2. The number of rotatable bonds is 4. The topological polar surface area (TPSA) is 82.5 Å². The molecular formula is C13H16ClN3O4. The van der Waals surface area contributed by atoms with Crippen LogP contribution in [0.4, 0.5) is 5.69 Å². The van der Waals surface area contributed by atoms with E-state index >= 15 is 0 Å². The summed E-state index contributed by atoms with van der Waals surface area (Å²) in [5, 5.41) is 7.20. The van der Waals surface area contributed by atoms with Gasteiger partial charge in [0.2, 0.25) is 0 Å². The molecule has 2 aliphatic heterocycles. The fourth-order valence-corrected chi connectivity index (χ4v) is 3.06. The van der Waals surface area contributed by atoms with Crippen molar-refractivity contribution in [3.05, 3.63) is 21.6 Å². The van der Waals surface area contributed by atoms with E-state index in [0.29, 0.717) is 11.8 Å². The third-order valence-electron chi connectivity index (χ3n) is 3.94. The number of methoxy groups -OCH3 is 1. The summed E-state index contributed by atoms with van der Waals surface area (Å²) in [5.41, 5.74) is -0.0416. The molecular weight excluding hydrogens is 298 g/mol. The molecule has 2 fully saturated rings. The first-order chi connectivity index (χ1) is 10.1. The third kappa shape index (κ3) is 2.75. The molecule has 1 aromatic rings. The number of esters is 1. The highest BCUT2D eigenvalue weighted by Gasteiger charge is 2.41. The Morgan fingerprint density at radius 1 is 1.62 bits per heavy atom. The van der Waals surface area contributed by atoms with Gasteiger partial charge in [-0.05, 0) is 19.3 Å². The second kappa shape index (κ2) is 5.65. The van der Waals surface area contributed by atoms with Gasteiger partial charge in [-0.25, -0.2) is 4.68 Å². The molecule has 8 heteroatoms. The van der Waals surface area contributed by atoms with E-state index in [2.05, 4.69) is 15.2 Å². The number of halogens is 1. The fraction of sp³-hybridized carbons (Fsp3) is 0.615. The summed E-state index contributed by atoms with van der Waals surface area (Å²) in [7, 11) is 1.25. The summed E-state index contributed by atoms with van der Waals surface area (Å²) in [4.78, 5) is 23.3. The zero-order chi connectivity index (χ0) is 15.0. The van der Waals surface area contributed by atoms with Crippen LogP contribution < -0.4 is 10.9 Å². The molecule has 0 saturated carbocycles. The molecule has 2 bridgehead atoms. The zero-order valence-corrected chi connectivity index (χ0v) is 12.3. The van der Waals surface area contributed by atoms with Crippen molar-refractivity contribution in [2.45, 2.75) is 44.1 Å². The predicted octanol–water partition coefficient (Wildman–Crippen LogP) is 0.801. The van der Waals surface area contributed by atoms with Crippen molar-refractivity contribution >= 4 is 23.3 Å². The normalized spacial score (nSPS) is 26.9. The van der Waals surface area contributed by atoms with Crippen LogP contribution in [0.25, 0.3) is 0 Å². The molecule has 0 aliphatic carbocycles. The van der Waals surface area contributed by atoms with Crippen molar-refractivity contribution in [2.75, 3.05) is 12.4 Å². The Hall–Kier alpha value is -1.60. The maximum atomic E-state index is 12.1. The highest BCUT2D eigenvalue weighted by atomic mass is 35.5. The lowest BCUT2D eigenvalue weighted by molar-refractivity contribution is -0.141. The summed E-state index contributed by atoms with van der Waals surface area (Å²) in [6, 6.07) is 0.152. The molecule has 114 valence electrons. The maximum absolute atomic E-state index is 12.1. The molecule has 3 unspecified atom stereocenters. The molecule has 2 saturated heterocycles. The lowest BCUT2D eigenvalue weighted by Crippen LogP contribution is -2.33. The molecule has 3 atom stereocenters. The quantitative estimate of drug-likeness (QED) is 0.828. The van der Waals surface area contributed by atoms with Crippen molar-refractivity contribution in [1.82, 2.24) is 9.78 Å². The number of aromatic nitrogens is 2. The summed E-state index contributed by atoms with van der Waals surface area (Å²) in [6.07, 6.45) is 4.95. The van der Waals surface area contributed by atoms with Gasteiger partial charge in [-0.1, -0.05) is 11.6 Å². The Labute approximate surface area is 126 Å². The van der Waals surface area contributed by atoms with Crippen LogP contribution >= 0.6 is 11.6 Å². The fourth-order valence-electron chi connectivity index (χ4n) is 2.85. The average molecular weight is 314 g/mol. The van der Waals surface area contributed by atoms with Crippen LogP contribution in [-0.2, 0) is 20.8 Å². The monoisotopic (exact) mass is 313 g/mol. The molecule has 0 aromatic carbocycles. The Bertz CT molecular complexity index is 618. The predicted molar refractivity (Wildman–Crippen MR) is 75.4 cm³/mol. The van der Waals surface area contributed by atoms with Crippen molar-refractivity contribution in [1.29, 1.82) is 0 Å². The SMILES string of the molecule is COC(=O)Cn1ncc(NC2CC3CCC2O3)c(Cl)c1=O. The summed E-state index contributed by atoms with van der Waals surface area (Å²) < 4.78 is 11.2. The van der Waals surface area contributed by atoms with Crippen LogP contribution in [0.5, 0.6) is 0 Å². The molecule has 0 amide bonds. The number of anilines is 1. The van der Waals surface area contributed by atoms with Gasteiger partial charge in [-0.2, -0.15) is 5.10 Å². The first-order valence-electron chi connectivity index (χ1n) is 6.83. The van der Waals surface area contributed by atoms with E-state index in [-0.39, 0.29) is 23.7 Å². The van der Waals surface area contributed by atoms with Crippen molar-refractivity contribution in [3.63, 3.8) is 0 Å². The minimum atomic E-state index is -0.553. The number of hydrogen-bond donors (Lipinski definition) is 1. The lowest BCUT2D eigenvalue weighted by Gasteiger charge is -2.21. The van der Waals surface area contributed by atoms with Crippen LogP contribution in [0.15, 0.2) is 11.0 Å². The average Bonchev–Trinajstić information content (AvgIpc) is 3.09. The van der Waals surface area contributed by atoms with Gasteiger partial charge in [0.1, 0.15) is 11.6 Å². The van der Waals surface area contributed by atoms with Crippen LogP contribution in [0, 0.1) is 0 Å². The van der Waals surface area contributed by atoms with Gasteiger partial charge in [0.05, 0.1) is 37.2 Å². The highest BCUT2D eigenvalue weighted by Crippen LogP contribution is 2.36. The van der Waals surface area contributed by atoms with E-state index in [4.69, 9.17) is 16.3 Å². The number of nitrogens with one attached hydrogen (secondary N) is 1. The number of nitrogens with zero attached hydrogens (tertiary/aromatic N) is 2. The van der Waals surface area contributed by atoms with E-state index in [1.54, 1.807) is 0 Å². The second-order valence-corrected chi connectivity index (χ2v) is 5.65. The Kier molecular flexibility index (Phi) is 3.86. The smallest absolute Gasteiger partial charge is 0.327 e. The Morgan fingerprint density at radius 3 is 3.05 bits per heavy atom. The van der Waals surface area contributed by atoms with Crippen LogP contribution in [-0.4, -0.2) is 41.1 Å². The van der Waals surface area contributed by atoms with Crippen LogP contribution in [0.3, 0.4) is 0 Å². The zero-order valence-electron chi connectivity index (χ0n) is 11.5. The molecule has 3 heterocycles. The standard InChI is InChI=1S/C13H16ClN3O4/c1-20-11(18)6-17-13(19)12(14)9(5-15-17)16-8-4-7-2-3-10(8)21-7/h5,7-8,10,16H,2-4,6H2,1H3. The summed E-state index contributed by atoms with van der Waals surface area (Å²) in [5.74, 6) is -0.553. The van der Waals surface area contributed by atoms with Gasteiger partial charge in [0, 0.05) is 0 Å². The lowest BCUT2D eigenvalue weighted by atomic mass is 9.95. The van der Waals surface area contributed by atoms with Crippen molar-refractivity contribution in [3.8, 4) is 0 Å². The number of hydrogen-bond acceptors (Lipinski definition) is 6. The van der Waals surface area contributed by atoms with Gasteiger partial charge in [0.25, 0.3) is 5.56 Å². The second-order valence-electron chi connectivity index (χ2n) is 5.27. The maximum Gasteiger partial charge on any atom is 0.327 e. The minimum Gasteiger partial charge on any atom is -0.468 e. The largest absolute Gasteiger partial charge is 0.468 e. The highest BCUT2D eigenvalue weighted by molar-refractivity contribution is 6.32. The minimum absolute atomic E-state index is 0.0247. The molecule has 21 heavy (non-hydrogen) atoms. The van der Waals surface area contributed by atoms with E-state index in [9.17, 15) is 9.59 Å². The first-order valence-corrected chi connectivity index (χ1v) is 7.20. The van der Waals surface area contributed by atoms with Crippen molar-refractivity contribution < 1.29 is 14.3 Å². The van der Waals surface area contributed by atoms with Crippen LogP contribution in [0.2, 0.25) is 5.02 Å². The van der Waals surface area contributed by atoms with E-state index in [1.807, 2.05) is 0 Å². The van der Waals surface area contributed by atoms with Gasteiger partial charge in [-0.15, -0.1) is 0 Å². The summed E-state index contributed by atoms with van der Waals surface area (Å²) >= 11 is 6.08. The van der Waals surface area contributed by atoms with E-state index < -0.39 is 11.5 Å². The molecule has 0 radical (unpaired) electrons. The Balaban J connectivity index is 1.76. The van der Waals surface area contributed by atoms with Crippen LogP contribution in [0.1, 0.15) is 19.3 Å².